The van der Waals surface area contributed by atoms with E-state index in [4.69, 9.17) is 4.74 Å². The number of carbonyl (C=O) groups excluding carboxylic acids is 2. The van der Waals surface area contributed by atoms with Crippen LogP contribution in [0.5, 0.6) is 5.75 Å². The van der Waals surface area contributed by atoms with Gasteiger partial charge in [0.05, 0.1) is 24.9 Å². The third-order valence-corrected chi connectivity index (χ3v) is 6.02. The summed E-state index contributed by atoms with van der Waals surface area (Å²) in [4.78, 5) is 29.5. The van der Waals surface area contributed by atoms with Crippen molar-refractivity contribution in [2.24, 2.45) is 10.9 Å². The molecule has 0 aliphatic carbocycles. The summed E-state index contributed by atoms with van der Waals surface area (Å²) in [5.74, 6) is -0.0984. The van der Waals surface area contributed by atoms with Gasteiger partial charge in [-0.1, -0.05) is 36.4 Å². The van der Waals surface area contributed by atoms with Crippen LogP contribution in [0.3, 0.4) is 0 Å². The number of carbonyl (C=O) groups is 2. The van der Waals surface area contributed by atoms with Gasteiger partial charge in [-0.05, 0) is 53.9 Å². The largest absolute Gasteiger partial charge is 0.497 e. The van der Waals surface area contributed by atoms with Gasteiger partial charge in [0.15, 0.2) is 0 Å². The van der Waals surface area contributed by atoms with Crippen molar-refractivity contribution in [1.29, 1.82) is 0 Å². The number of aromatic amines is 1. The lowest BCUT2D eigenvalue weighted by Crippen LogP contribution is -2.45. The maximum absolute atomic E-state index is 13.3. The molecular weight excluding hydrogens is 430 g/mol. The standard InChI is InChI=1S/C26H23N5O3/c1-15-23(25(32)29-20-9-12-22-19(13-20)14-27-31-22)24(30-26(33)28-15)18-5-3-16(4-6-18)17-7-10-21(34-2)11-8-17/h3-14,23-24H,1-2H3,(H,27,31)(H,29,32)(H,30,33). The molecule has 4 aromatic rings. The third kappa shape index (κ3) is 4.13. The van der Waals surface area contributed by atoms with Gasteiger partial charge in [-0.15, -0.1) is 0 Å². The summed E-state index contributed by atoms with van der Waals surface area (Å²) < 4.78 is 5.22. The Morgan fingerprint density at radius 1 is 1.00 bits per heavy atom. The van der Waals surface area contributed by atoms with Gasteiger partial charge in [0.1, 0.15) is 11.7 Å². The molecule has 2 unspecified atom stereocenters. The van der Waals surface area contributed by atoms with Crippen molar-refractivity contribution in [2.45, 2.75) is 13.0 Å². The minimum absolute atomic E-state index is 0.242. The van der Waals surface area contributed by atoms with Crippen molar-refractivity contribution < 1.29 is 14.3 Å². The highest BCUT2D eigenvalue weighted by molar-refractivity contribution is 6.13. The number of fused-ring (bicyclic) bond motifs is 1. The summed E-state index contributed by atoms with van der Waals surface area (Å²) in [6.07, 6.45) is 1.70. The molecule has 0 bridgehead atoms. The number of nitrogens with one attached hydrogen (secondary N) is 3. The predicted molar refractivity (Wildman–Crippen MR) is 131 cm³/mol. The Morgan fingerprint density at radius 3 is 2.41 bits per heavy atom. The first-order valence-electron chi connectivity index (χ1n) is 10.9. The molecular formula is C26H23N5O3. The second-order valence-electron chi connectivity index (χ2n) is 8.17. The predicted octanol–water partition coefficient (Wildman–Crippen LogP) is 4.72. The monoisotopic (exact) mass is 453 g/mol. The molecule has 0 spiro atoms. The second-order valence-corrected chi connectivity index (χ2v) is 8.17. The number of hydrogen-bond donors (Lipinski definition) is 3. The van der Waals surface area contributed by atoms with Crippen LogP contribution >= 0.6 is 0 Å². The fraction of sp³-hybridized carbons (Fsp3) is 0.154. The minimum Gasteiger partial charge on any atom is -0.497 e. The van der Waals surface area contributed by atoms with Crippen LogP contribution < -0.4 is 15.4 Å². The highest BCUT2D eigenvalue weighted by Crippen LogP contribution is 2.31. The molecule has 3 amide bonds. The molecule has 0 fully saturated rings. The van der Waals surface area contributed by atoms with E-state index in [1.165, 1.54) is 0 Å². The molecule has 0 saturated carbocycles. The number of benzene rings is 3. The van der Waals surface area contributed by atoms with Crippen LogP contribution in [0.4, 0.5) is 10.5 Å². The van der Waals surface area contributed by atoms with Gasteiger partial charge in [-0.2, -0.15) is 5.10 Å². The van der Waals surface area contributed by atoms with E-state index < -0.39 is 18.0 Å². The lowest BCUT2D eigenvalue weighted by atomic mass is 9.86. The normalized spacial score (nSPS) is 17.7. The second kappa shape index (κ2) is 8.82. The Labute approximate surface area is 196 Å². The van der Waals surface area contributed by atoms with Crippen LogP contribution in [0, 0.1) is 5.92 Å². The quantitative estimate of drug-likeness (QED) is 0.406. The zero-order chi connectivity index (χ0) is 23.7. The van der Waals surface area contributed by atoms with Crippen LogP contribution in [0.2, 0.25) is 0 Å². The molecule has 0 radical (unpaired) electrons. The van der Waals surface area contributed by atoms with Crippen molar-refractivity contribution in [3.8, 4) is 16.9 Å². The van der Waals surface area contributed by atoms with Gasteiger partial charge < -0.3 is 15.4 Å². The van der Waals surface area contributed by atoms with Gasteiger partial charge in [-0.3, -0.25) is 9.89 Å². The number of ether oxygens (including phenoxy) is 1. The summed E-state index contributed by atoms with van der Waals surface area (Å²) in [5.41, 5.74) is 4.89. The molecule has 3 aromatic carbocycles. The number of methoxy groups -OCH3 is 1. The maximum Gasteiger partial charge on any atom is 0.341 e. The summed E-state index contributed by atoms with van der Waals surface area (Å²) in [6, 6.07) is 20.1. The Balaban J connectivity index is 1.40. The number of amides is 3. The summed E-state index contributed by atoms with van der Waals surface area (Å²) in [5, 5.41) is 13.6. The highest BCUT2D eigenvalue weighted by Gasteiger charge is 2.36. The smallest absolute Gasteiger partial charge is 0.341 e. The molecule has 2 atom stereocenters. The van der Waals surface area contributed by atoms with Crippen molar-refractivity contribution in [3.05, 3.63) is 78.5 Å². The molecule has 2 heterocycles. The zero-order valence-corrected chi connectivity index (χ0v) is 18.7. The third-order valence-electron chi connectivity index (χ3n) is 6.02. The zero-order valence-electron chi connectivity index (χ0n) is 18.7. The van der Waals surface area contributed by atoms with E-state index >= 15 is 0 Å². The number of H-pyrrole nitrogens is 1. The van der Waals surface area contributed by atoms with E-state index in [9.17, 15) is 9.59 Å². The van der Waals surface area contributed by atoms with Gasteiger partial charge in [0.25, 0.3) is 0 Å². The van der Waals surface area contributed by atoms with Gasteiger partial charge in [-0.25, -0.2) is 9.79 Å². The van der Waals surface area contributed by atoms with E-state index in [0.29, 0.717) is 11.4 Å². The number of urea groups is 1. The average Bonchev–Trinajstić information content (AvgIpc) is 3.31. The Hall–Kier alpha value is -4.46. The van der Waals surface area contributed by atoms with E-state index in [2.05, 4.69) is 25.8 Å². The highest BCUT2D eigenvalue weighted by atomic mass is 16.5. The number of aromatic nitrogens is 2. The summed E-state index contributed by atoms with van der Waals surface area (Å²) >= 11 is 0. The maximum atomic E-state index is 13.3. The number of rotatable bonds is 5. The Bertz CT molecular complexity index is 1390. The van der Waals surface area contributed by atoms with Crippen LogP contribution in [0.15, 0.2) is 77.9 Å². The number of anilines is 1. The van der Waals surface area contributed by atoms with Crippen molar-refractivity contribution >= 4 is 34.2 Å². The fourth-order valence-electron chi connectivity index (χ4n) is 4.24. The van der Waals surface area contributed by atoms with Gasteiger partial charge >= 0.3 is 6.03 Å². The Morgan fingerprint density at radius 2 is 1.71 bits per heavy atom. The van der Waals surface area contributed by atoms with Crippen LogP contribution in [-0.2, 0) is 4.79 Å². The fourth-order valence-corrected chi connectivity index (χ4v) is 4.24. The molecule has 170 valence electrons. The minimum atomic E-state index is -0.649. The van der Waals surface area contributed by atoms with Crippen LogP contribution in [0.25, 0.3) is 22.0 Å². The first-order chi connectivity index (χ1) is 16.5. The first-order valence-corrected chi connectivity index (χ1v) is 10.9. The number of nitrogens with zero attached hydrogens (tertiary/aromatic N) is 2. The molecule has 1 aromatic heterocycles. The van der Waals surface area contributed by atoms with E-state index in [-0.39, 0.29) is 5.91 Å². The molecule has 1 aliphatic rings. The molecule has 0 saturated heterocycles. The Kier molecular flexibility index (Phi) is 5.55. The van der Waals surface area contributed by atoms with E-state index in [0.717, 1.165) is 33.3 Å². The molecule has 1 aliphatic heterocycles. The molecule has 34 heavy (non-hydrogen) atoms. The molecule has 3 N–H and O–H groups in total. The lowest BCUT2D eigenvalue weighted by Gasteiger charge is -2.30. The summed E-state index contributed by atoms with van der Waals surface area (Å²) in [7, 11) is 1.63. The summed E-state index contributed by atoms with van der Waals surface area (Å²) in [6.45, 7) is 1.71. The van der Waals surface area contributed by atoms with Crippen molar-refractivity contribution in [1.82, 2.24) is 15.5 Å². The lowest BCUT2D eigenvalue weighted by molar-refractivity contribution is -0.118. The number of aliphatic imine (C=N–C) groups is 1. The topological polar surface area (TPSA) is 108 Å². The van der Waals surface area contributed by atoms with Crippen LogP contribution in [-0.4, -0.2) is 35.0 Å². The van der Waals surface area contributed by atoms with Crippen molar-refractivity contribution in [2.75, 3.05) is 12.4 Å². The van der Waals surface area contributed by atoms with E-state index in [1.54, 1.807) is 20.2 Å². The number of hydrogen-bond acceptors (Lipinski definition) is 4. The van der Waals surface area contributed by atoms with Crippen LogP contribution in [0.1, 0.15) is 18.5 Å². The van der Waals surface area contributed by atoms with Gasteiger partial charge in [0.2, 0.25) is 5.91 Å². The molecule has 8 heteroatoms. The molecule has 5 rings (SSSR count). The van der Waals surface area contributed by atoms with Crippen molar-refractivity contribution in [3.63, 3.8) is 0 Å². The molecule has 8 nitrogen and oxygen atoms in total. The SMILES string of the molecule is COc1ccc(-c2ccc(C3NC(=O)N=C(C)C3C(=O)Nc3ccc4[nH]ncc4c3)cc2)cc1. The first kappa shape index (κ1) is 21.4. The average molecular weight is 454 g/mol. The van der Waals surface area contributed by atoms with Gasteiger partial charge in [0, 0.05) is 16.8 Å². The van der Waals surface area contributed by atoms with E-state index in [1.807, 2.05) is 66.7 Å².